The van der Waals surface area contributed by atoms with E-state index in [2.05, 4.69) is 6.58 Å². The Bertz CT molecular complexity index is 275. The van der Waals surface area contributed by atoms with Crippen LogP contribution in [-0.4, -0.2) is 10.4 Å². The van der Waals surface area contributed by atoms with Crippen molar-refractivity contribution in [2.24, 2.45) is 0 Å². The summed E-state index contributed by atoms with van der Waals surface area (Å²) in [5.41, 5.74) is 2.15. The van der Waals surface area contributed by atoms with Gasteiger partial charge in [-0.1, -0.05) is 6.58 Å². The van der Waals surface area contributed by atoms with Gasteiger partial charge in [0.25, 0.3) is 0 Å². The first-order valence-corrected chi connectivity index (χ1v) is 3.53. The first kappa shape index (κ1) is 7.79. The molecule has 0 bridgehead atoms. The van der Waals surface area contributed by atoms with E-state index in [9.17, 15) is 0 Å². The van der Waals surface area contributed by atoms with Gasteiger partial charge in [-0.25, -0.2) is 0 Å². The summed E-state index contributed by atoms with van der Waals surface area (Å²) in [5.74, 6) is 0.435. The SMILES string of the molecule is C=CC(=N)n1c(C)ccc1C. The third-order valence-electron chi connectivity index (χ3n) is 1.71. The summed E-state index contributed by atoms with van der Waals surface area (Å²) in [6, 6.07) is 3.99. The van der Waals surface area contributed by atoms with Crippen molar-refractivity contribution in [3.05, 3.63) is 36.2 Å². The van der Waals surface area contributed by atoms with Crippen LogP contribution in [-0.2, 0) is 0 Å². The average molecular weight is 148 g/mol. The molecule has 0 aliphatic rings. The number of nitrogens with zero attached hydrogens (tertiary/aromatic N) is 1. The van der Waals surface area contributed by atoms with Crippen molar-refractivity contribution in [1.29, 1.82) is 5.41 Å². The van der Waals surface area contributed by atoms with Gasteiger partial charge >= 0.3 is 0 Å². The standard InChI is InChI=1S/C9H12N2/c1-4-9(10)11-7(2)5-6-8(11)3/h4-6,10H,1H2,2-3H3. The molecule has 0 atom stereocenters. The Morgan fingerprint density at radius 2 is 1.91 bits per heavy atom. The highest BCUT2D eigenvalue weighted by molar-refractivity contribution is 5.92. The summed E-state index contributed by atoms with van der Waals surface area (Å²) in [4.78, 5) is 0. The maximum atomic E-state index is 7.52. The number of aromatic nitrogens is 1. The van der Waals surface area contributed by atoms with Crippen LogP contribution in [0.1, 0.15) is 11.4 Å². The van der Waals surface area contributed by atoms with E-state index in [0.717, 1.165) is 11.4 Å². The minimum absolute atomic E-state index is 0.435. The molecule has 1 heterocycles. The van der Waals surface area contributed by atoms with Gasteiger partial charge in [0.15, 0.2) is 0 Å². The van der Waals surface area contributed by atoms with Crippen molar-refractivity contribution < 1.29 is 0 Å². The van der Waals surface area contributed by atoms with Crippen molar-refractivity contribution in [3.8, 4) is 0 Å². The molecule has 0 aliphatic heterocycles. The summed E-state index contributed by atoms with van der Waals surface area (Å²) in [6.45, 7) is 7.51. The first-order valence-electron chi connectivity index (χ1n) is 3.53. The molecular weight excluding hydrogens is 136 g/mol. The predicted octanol–water partition coefficient (Wildman–Crippen LogP) is 2.12. The van der Waals surface area contributed by atoms with Gasteiger partial charge in [-0.05, 0) is 32.1 Å². The molecule has 0 spiro atoms. The average Bonchev–Trinajstić information content (AvgIpc) is 2.30. The summed E-state index contributed by atoms with van der Waals surface area (Å²) in [5, 5.41) is 7.52. The summed E-state index contributed by atoms with van der Waals surface area (Å²) < 4.78 is 1.85. The maximum Gasteiger partial charge on any atom is 0.128 e. The van der Waals surface area contributed by atoms with Gasteiger partial charge in [-0.15, -0.1) is 0 Å². The molecule has 0 aliphatic carbocycles. The lowest BCUT2D eigenvalue weighted by molar-refractivity contribution is 1.02. The predicted molar refractivity (Wildman–Crippen MR) is 47.2 cm³/mol. The maximum absolute atomic E-state index is 7.52. The molecule has 2 nitrogen and oxygen atoms in total. The zero-order chi connectivity index (χ0) is 8.43. The van der Waals surface area contributed by atoms with Gasteiger partial charge in [0.05, 0.1) is 0 Å². The summed E-state index contributed by atoms with van der Waals surface area (Å²) >= 11 is 0. The van der Waals surface area contributed by atoms with Gasteiger partial charge in [-0.3, -0.25) is 5.41 Å². The normalized spacial score (nSPS) is 9.64. The molecule has 0 radical (unpaired) electrons. The second kappa shape index (κ2) is 2.74. The molecule has 2 heteroatoms. The molecule has 1 aromatic rings. The van der Waals surface area contributed by atoms with Crippen LogP contribution >= 0.6 is 0 Å². The second-order valence-corrected chi connectivity index (χ2v) is 2.54. The molecule has 0 fully saturated rings. The van der Waals surface area contributed by atoms with Gasteiger partial charge in [0.2, 0.25) is 0 Å². The monoisotopic (exact) mass is 148 g/mol. The number of hydrogen-bond donors (Lipinski definition) is 1. The Labute approximate surface area is 66.7 Å². The van der Waals surface area contributed by atoms with E-state index in [0.29, 0.717) is 5.84 Å². The van der Waals surface area contributed by atoms with E-state index in [1.807, 2.05) is 30.5 Å². The fourth-order valence-corrected chi connectivity index (χ4v) is 1.14. The number of nitrogens with one attached hydrogen (secondary N) is 1. The lowest BCUT2D eigenvalue weighted by Gasteiger charge is -2.05. The molecule has 0 saturated heterocycles. The fraction of sp³-hybridized carbons (Fsp3) is 0.222. The third kappa shape index (κ3) is 1.24. The van der Waals surface area contributed by atoms with Crippen LogP contribution in [0.15, 0.2) is 24.8 Å². The van der Waals surface area contributed by atoms with Crippen LogP contribution in [0.25, 0.3) is 0 Å². The molecule has 1 N–H and O–H groups in total. The van der Waals surface area contributed by atoms with E-state index in [-0.39, 0.29) is 0 Å². The van der Waals surface area contributed by atoms with Crippen molar-refractivity contribution >= 4 is 5.84 Å². The highest BCUT2D eigenvalue weighted by Crippen LogP contribution is 2.06. The van der Waals surface area contributed by atoms with E-state index in [1.54, 1.807) is 6.08 Å². The molecule has 0 unspecified atom stereocenters. The van der Waals surface area contributed by atoms with E-state index in [1.165, 1.54) is 0 Å². The van der Waals surface area contributed by atoms with Crippen LogP contribution in [0.3, 0.4) is 0 Å². The Kier molecular flexibility index (Phi) is 1.94. The molecule has 58 valence electrons. The van der Waals surface area contributed by atoms with Gasteiger partial charge < -0.3 is 4.57 Å². The molecule has 0 aromatic carbocycles. The minimum atomic E-state index is 0.435. The van der Waals surface area contributed by atoms with E-state index < -0.39 is 0 Å². The lowest BCUT2D eigenvalue weighted by Crippen LogP contribution is -2.09. The highest BCUT2D eigenvalue weighted by atomic mass is 15.0. The van der Waals surface area contributed by atoms with Gasteiger partial charge in [0.1, 0.15) is 5.84 Å². The van der Waals surface area contributed by atoms with Crippen LogP contribution in [0.4, 0.5) is 0 Å². The summed E-state index contributed by atoms with van der Waals surface area (Å²) in [6.07, 6.45) is 1.54. The highest BCUT2D eigenvalue weighted by Gasteiger charge is 2.01. The smallest absolute Gasteiger partial charge is 0.128 e. The first-order chi connectivity index (χ1) is 5.16. The molecule has 0 amide bonds. The lowest BCUT2D eigenvalue weighted by atomic mass is 10.4. The van der Waals surface area contributed by atoms with Crippen LogP contribution < -0.4 is 0 Å². The van der Waals surface area contributed by atoms with Crippen molar-refractivity contribution in [2.45, 2.75) is 13.8 Å². The quantitative estimate of drug-likeness (QED) is 0.467. The number of hydrogen-bond acceptors (Lipinski definition) is 1. The zero-order valence-electron chi connectivity index (χ0n) is 6.89. The molecule has 1 aromatic heterocycles. The Hall–Kier alpha value is -1.31. The van der Waals surface area contributed by atoms with Crippen molar-refractivity contribution in [3.63, 3.8) is 0 Å². The Morgan fingerprint density at radius 3 is 2.27 bits per heavy atom. The van der Waals surface area contributed by atoms with Crippen molar-refractivity contribution in [2.75, 3.05) is 0 Å². The third-order valence-corrected chi connectivity index (χ3v) is 1.71. The van der Waals surface area contributed by atoms with E-state index >= 15 is 0 Å². The Balaban J connectivity index is 3.20. The number of rotatable bonds is 1. The topological polar surface area (TPSA) is 28.8 Å². The number of allylic oxidation sites excluding steroid dienone is 1. The Morgan fingerprint density at radius 1 is 1.45 bits per heavy atom. The van der Waals surface area contributed by atoms with Crippen LogP contribution in [0.5, 0.6) is 0 Å². The van der Waals surface area contributed by atoms with Crippen LogP contribution in [0, 0.1) is 19.3 Å². The molecule has 11 heavy (non-hydrogen) atoms. The van der Waals surface area contributed by atoms with E-state index in [4.69, 9.17) is 5.41 Å². The van der Waals surface area contributed by atoms with Gasteiger partial charge in [-0.2, -0.15) is 0 Å². The summed E-state index contributed by atoms with van der Waals surface area (Å²) in [7, 11) is 0. The second-order valence-electron chi connectivity index (χ2n) is 2.54. The largest absolute Gasteiger partial charge is 0.304 e. The minimum Gasteiger partial charge on any atom is -0.304 e. The molecule has 1 rings (SSSR count). The zero-order valence-corrected chi connectivity index (χ0v) is 6.89. The molecule has 0 saturated carbocycles. The molecular formula is C9H12N2. The number of aryl methyl sites for hydroxylation is 2. The fourth-order valence-electron chi connectivity index (χ4n) is 1.14. The van der Waals surface area contributed by atoms with Gasteiger partial charge in [0, 0.05) is 11.4 Å². The van der Waals surface area contributed by atoms with Crippen LogP contribution in [0.2, 0.25) is 0 Å². The van der Waals surface area contributed by atoms with Crippen molar-refractivity contribution in [1.82, 2.24) is 4.57 Å².